The maximum absolute atomic E-state index is 12.8. The molecule has 3 heterocycles. The van der Waals surface area contributed by atoms with Gasteiger partial charge in [-0.25, -0.2) is 13.4 Å². The smallest absolute Gasteiger partial charge is 0.319 e. The highest BCUT2D eigenvalue weighted by Crippen LogP contribution is 2.27. The lowest BCUT2D eigenvalue weighted by molar-refractivity contribution is 0.0670. The second-order valence-corrected chi connectivity index (χ2v) is 8.94. The van der Waals surface area contributed by atoms with Crippen molar-refractivity contribution in [1.82, 2.24) is 19.2 Å². The molecule has 1 aliphatic heterocycles. The Morgan fingerprint density at radius 2 is 2.04 bits per heavy atom. The molecule has 7 nitrogen and oxygen atoms in total. The molecule has 1 N–H and O–H groups in total. The summed E-state index contributed by atoms with van der Waals surface area (Å²) in [4.78, 5) is 16.4. The van der Waals surface area contributed by atoms with Crippen LogP contribution in [0.25, 0.3) is 0 Å². The highest BCUT2D eigenvalue weighted by Gasteiger charge is 2.30. The fourth-order valence-electron chi connectivity index (χ4n) is 2.99. The average molecular weight is 418 g/mol. The normalized spacial score (nSPS) is 16.0. The van der Waals surface area contributed by atoms with Crippen molar-refractivity contribution in [2.24, 2.45) is 0 Å². The van der Waals surface area contributed by atoms with E-state index >= 15 is 0 Å². The number of nitrogens with one attached hydrogen (secondary N) is 1. The number of carbonyl (C=O) groups excluding carboxylic acids is 1. The second-order valence-electron chi connectivity index (χ2n) is 6.11. The van der Waals surface area contributed by atoms with Gasteiger partial charge in [-0.1, -0.05) is 6.42 Å². The van der Waals surface area contributed by atoms with Gasteiger partial charge in [-0.05, 0) is 24.3 Å². The monoisotopic (exact) mass is 418 g/mol. The minimum Gasteiger partial charge on any atom is -0.351 e. The van der Waals surface area contributed by atoms with Crippen molar-refractivity contribution in [3.05, 3.63) is 34.5 Å². The Balaban J connectivity index is 1.66. The summed E-state index contributed by atoms with van der Waals surface area (Å²) in [5, 5.41) is 4.16. The van der Waals surface area contributed by atoms with Crippen LogP contribution in [0.1, 0.15) is 41.3 Å². The van der Waals surface area contributed by atoms with Gasteiger partial charge >= 0.3 is 6.55 Å². The summed E-state index contributed by atoms with van der Waals surface area (Å²) in [6.07, 6.45) is 5.17. The summed E-state index contributed by atoms with van der Waals surface area (Å²) in [5.41, 5.74) is 0. The number of imidazole rings is 1. The average Bonchev–Trinajstić information content (AvgIpc) is 3.32. The highest BCUT2D eigenvalue weighted by atomic mass is 32.2. The number of alkyl halides is 2. The van der Waals surface area contributed by atoms with Gasteiger partial charge in [0.15, 0.2) is 0 Å². The minimum absolute atomic E-state index is 0.000908. The van der Waals surface area contributed by atoms with Gasteiger partial charge in [-0.15, -0.1) is 11.3 Å². The molecule has 0 unspecified atom stereocenters. The molecule has 148 valence electrons. The Morgan fingerprint density at radius 1 is 1.30 bits per heavy atom. The first-order valence-corrected chi connectivity index (χ1v) is 10.9. The van der Waals surface area contributed by atoms with E-state index in [1.165, 1.54) is 22.8 Å². The van der Waals surface area contributed by atoms with E-state index in [-0.39, 0.29) is 28.6 Å². The summed E-state index contributed by atoms with van der Waals surface area (Å²) in [6.45, 7) is -1.72. The Labute approximate surface area is 160 Å². The van der Waals surface area contributed by atoms with E-state index in [4.69, 9.17) is 0 Å². The van der Waals surface area contributed by atoms with Crippen LogP contribution in [0.3, 0.4) is 0 Å². The van der Waals surface area contributed by atoms with Gasteiger partial charge in [-0.2, -0.15) is 13.1 Å². The van der Waals surface area contributed by atoms with Gasteiger partial charge in [0.25, 0.3) is 5.91 Å². The number of hydrogen-bond donors (Lipinski definition) is 1. The van der Waals surface area contributed by atoms with Crippen molar-refractivity contribution in [3.63, 3.8) is 0 Å². The number of amides is 1. The molecule has 3 rings (SSSR count). The third-order valence-corrected chi connectivity index (χ3v) is 7.34. The van der Waals surface area contributed by atoms with Crippen molar-refractivity contribution in [1.29, 1.82) is 0 Å². The predicted octanol–water partition coefficient (Wildman–Crippen LogP) is 2.49. The van der Waals surface area contributed by atoms with E-state index < -0.39 is 22.5 Å². The van der Waals surface area contributed by atoms with Crippen LogP contribution in [0.2, 0.25) is 0 Å². The van der Waals surface area contributed by atoms with E-state index in [9.17, 15) is 22.0 Å². The molecule has 0 radical (unpaired) electrons. The predicted molar refractivity (Wildman–Crippen MR) is 96.4 cm³/mol. The van der Waals surface area contributed by atoms with Crippen LogP contribution in [0.5, 0.6) is 0 Å². The van der Waals surface area contributed by atoms with E-state index in [0.717, 1.165) is 35.2 Å². The number of carbonyl (C=O) groups is 1. The highest BCUT2D eigenvalue weighted by molar-refractivity contribution is 7.89. The lowest BCUT2D eigenvalue weighted by Crippen LogP contribution is -2.36. The molecule has 0 spiro atoms. The third kappa shape index (κ3) is 4.36. The Hall–Kier alpha value is -1.85. The molecule has 1 aliphatic rings. The first-order valence-electron chi connectivity index (χ1n) is 8.57. The third-order valence-electron chi connectivity index (χ3n) is 4.36. The number of rotatable bonds is 7. The molecule has 0 bridgehead atoms. The molecular formula is C16H20F2N4O3S2. The van der Waals surface area contributed by atoms with Gasteiger partial charge in [0.1, 0.15) is 15.6 Å². The Morgan fingerprint density at radius 3 is 2.74 bits per heavy atom. The summed E-state index contributed by atoms with van der Waals surface area (Å²) >= 11 is 1.05. The van der Waals surface area contributed by atoms with Crippen LogP contribution in [-0.4, -0.2) is 47.8 Å². The molecule has 11 heteroatoms. The Kier molecular flexibility index (Phi) is 6.22. The standard InChI is InChI=1S/C16H20F2N4O3S2/c17-16(18)22-10-7-19-13(22)4-6-20-15(23)14-12(5-11-26-14)27(24,25)21-8-2-1-3-9-21/h5,7,10-11,16H,1-4,6,8-9H2,(H,20,23). The van der Waals surface area contributed by atoms with Crippen LogP contribution in [0.4, 0.5) is 8.78 Å². The van der Waals surface area contributed by atoms with Crippen molar-refractivity contribution in [3.8, 4) is 0 Å². The number of aromatic nitrogens is 2. The summed E-state index contributed by atoms with van der Waals surface area (Å²) < 4.78 is 53.4. The van der Waals surface area contributed by atoms with Crippen molar-refractivity contribution in [2.75, 3.05) is 19.6 Å². The minimum atomic E-state index is -3.71. The quantitative estimate of drug-likeness (QED) is 0.749. The number of thiophene rings is 1. The van der Waals surface area contributed by atoms with E-state index in [1.807, 2.05) is 0 Å². The second kappa shape index (κ2) is 8.44. The fourth-order valence-corrected chi connectivity index (χ4v) is 5.83. The van der Waals surface area contributed by atoms with Gasteiger partial charge in [0.2, 0.25) is 10.0 Å². The summed E-state index contributed by atoms with van der Waals surface area (Å²) in [6, 6.07) is 1.44. The maximum atomic E-state index is 12.8. The lowest BCUT2D eigenvalue weighted by atomic mass is 10.2. The molecule has 0 atom stereocenters. The summed E-state index contributed by atoms with van der Waals surface area (Å²) in [5.74, 6) is -0.381. The van der Waals surface area contributed by atoms with Crippen molar-refractivity contribution < 1.29 is 22.0 Å². The zero-order valence-corrected chi connectivity index (χ0v) is 16.1. The van der Waals surface area contributed by atoms with Crippen molar-refractivity contribution >= 4 is 27.3 Å². The topological polar surface area (TPSA) is 84.3 Å². The first kappa shape index (κ1) is 19.9. The van der Waals surface area contributed by atoms with Crippen LogP contribution in [0, 0.1) is 0 Å². The van der Waals surface area contributed by atoms with Crippen molar-refractivity contribution in [2.45, 2.75) is 37.1 Å². The molecule has 0 saturated carbocycles. The number of sulfonamides is 1. The Bertz CT molecular complexity index is 889. The zero-order valence-electron chi connectivity index (χ0n) is 14.5. The van der Waals surface area contributed by atoms with Gasteiger partial charge in [0, 0.05) is 38.4 Å². The number of piperidine rings is 1. The molecule has 1 amide bonds. The fraction of sp³-hybridized carbons (Fsp3) is 0.500. The molecule has 0 aromatic carbocycles. The molecular weight excluding hydrogens is 398 g/mol. The summed E-state index contributed by atoms with van der Waals surface area (Å²) in [7, 11) is -3.71. The maximum Gasteiger partial charge on any atom is 0.319 e. The number of hydrogen-bond acceptors (Lipinski definition) is 5. The van der Waals surface area contributed by atoms with Crippen LogP contribution >= 0.6 is 11.3 Å². The van der Waals surface area contributed by atoms with E-state index in [1.54, 1.807) is 5.38 Å². The van der Waals surface area contributed by atoms with E-state index in [0.29, 0.717) is 13.1 Å². The van der Waals surface area contributed by atoms with Crippen LogP contribution in [0.15, 0.2) is 28.7 Å². The largest absolute Gasteiger partial charge is 0.351 e. The molecule has 2 aromatic heterocycles. The van der Waals surface area contributed by atoms with Crippen LogP contribution < -0.4 is 5.32 Å². The number of nitrogens with zero attached hydrogens (tertiary/aromatic N) is 3. The lowest BCUT2D eigenvalue weighted by Gasteiger charge is -2.25. The SMILES string of the molecule is O=C(NCCc1nccn1C(F)F)c1sccc1S(=O)(=O)N1CCCCC1. The van der Waals surface area contributed by atoms with Gasteiger partial charge in [-0.3, -0.25) is 9.36 Å². The molecule has 27 heavy (non-hydrogen) atoms. The van der Waals surface area contributed by atoms with Crippen LogP contribution in [-0.2, 0) is 16.4 Å². The molecule has 2 aromatic rings. The first-order chi connectivity index (χ1) is 12.9. The van der Waals surface area contributed by atoms with E-state index in [2.05, 4.69) is 10.3 Å². The van der Waals surface area contributed by atoms with Gasteiger partial charge < -0.3 is 5.32 Å². The molecule has 1 fully saturated rings. The molecule has 1 saturated heterocycles. The molecule has 0 aliphatic carbocycles. The van der Waals surface area contributed by atoms with Gasteiger partial charge in [0.05, 0.1) is 0 Å². The number of halogens is 2. The zero-order chi connectivity index (χ0) is 19.4.